The van der Waals surface area contributed by atoms with Crippen molar-refractivity contribution in [3.05, 3.63) is 58.3 Å². The largest absolute Gasteiger partial charge is 0.417 e. The third-order valence-electron chi connectivity index (χ3n) is 2.45. The van der Waals surface area contributed by atoms with Crippen molar-refractivity contribution in [2.45, 2.75) is 13.1 Å². The molecule has 0 spiro atoms. The van der Waals surface area contributed by atoms with E-state index in [-0.39, 0.29) is 5.56 Å². The minimum absolute atomic E-state index is 0.0358. The number of aromatic nitrogens is 2. The van der Waals surface area contributed by atoms with Gasteiger partial charge in [-0.2, -0.15) is 13.2 Å². The minimum Gasteiger partial charge on any atom is -0.282 e. The average Bonchev–Trinajstić information content (AvgIpc) is 2.32. The van der Waals surface area contributed by atoms with Crippen LogP contribution in [0.2, 0.25) is 0 Å². The third kappa shape index (κ3) is 2.27. The summed E-state index contributed by atoms with van der Waals surface area (Å²) >= 11 is 0. The topological polar surface area (TPSA) is 34.9 Å². The van der Waals surface area contributed by atoms with Crippen LogP contribution in [-0.2, 0) is 6.18 Å². The Morgan fingerprint density at radius 2 is 2.06 bits per heavy atom. The summed E-state index contributed by atoms with van der Waals surface area (Å²) in [6.07, 6.45) is -0.884. The Kier molecular flexibility index (Phi) is 2.94. The van der Waals surface area contributed by atoms with Gasteiger partial charge in [-0.25, -0.2) is 0 Å². The average molecular weight is 254 g/mol. The fourth-order valence-corrected chi connectivity index (χ4v) is 1.56. The molecule has 2 aromatic rings. The SMILES string of the molecule is Cc1cc(C(F)(F)F)cn(-c2cccnc2)c1=O. The maximum absolute atomic E-state index is 12.7. The number of hydrogen-bond donors (Lipinski definition) is 0. The molecule has 0 fully saturated rings. The summed E-state index contributed by atoms with van der Waals surface area (Å²) in [7, 11) is 0. The van der Waals surface area contributed by atoms with Gasteiger partial charge >= 0.3 is 6.18 Å². The maximum atomic E-state index is 12.7. The van der Waals surface area contributed by atoms with Crippen LogP contribution in [-0.4, -0.2) is 9.55 Å². The highest BCUT2D eigenvalue weighted by atomic mass is 19.4. The van der Waals surface area contributed by atoms with Gasteiger partial charge in [0.15, 0.2) is 0 Å². The fourth-order valence-electron chi connectivity index (χ4n) is 1.56. The second kappa shape index (κ2) is 4.29. The van der Waals surface area contributed by atoms with Crippen LogP contribution in [0.15, 0.2) is 41.6 Å². The van der Waals surface area contributed by atoms with Gasteiger partial charge in [-0.1, -0.05) is 0 Å². The van der Waals surface area contributed by atoms with E-state index in [1.165, 1.54) is 25.4 Å². The quantitative estimate of drug-likeness (QED) is 0.783. The third-order valence-corrected chi connectivity index (χ3v) is 2.45. The minimum atomic E-state index is -4.48. The summed E-state index contributed by atoms with van der Waals surface area (Å²) in [4.78, 5) is 15.6. The molecule has 0 saturated carbocycles. The molecule has 0 radical (unpaired) electrons. The Labute approximate surface area is 101 Å². The molecule has 0 aliphatic heterocycles. The van der Waals surface area contributed by atoms with E-state index in [2.05, 4.69) is 4.98 Å². The molecule has 0 aromatic carbocycles. The molecule has 0 atom stereocenters. The summed E-state index contributed by atoms with van der Waals surface area (Å²) in [5, 5.41) is 0. The zero-order valence-electron chi connectivity index (χ0n) is 9.40. The van der Waals surface area contributed by atoms with Gasteiger partial charge in [0.25, 0.3) is 5.56 Å². The van der Waals surface area contributed by atoms with E-state index in [1.54, 1.807) is 6.07 Å². The zero-order chi connectivity index (χ0) is 13.3. The maximum Gasteiger partial charge on any atom is 0.417 e. The van der Waals surface area contributed by atoms with Crippen molar-refractivity contribution in [3.8, 4) is 5.69 Å². The van der Waals surface area contributed by atoms with Crippen molar-refractivity contribution >= 4 is 0 Å². The van der Waals surface area contributed by atoms with Gasteiger partial charge in [-0.3, -0.25) is 14.3 Å². The smallest absolute Gasteiger partial charge is 0.282 e. The van der Waals surface area contributed by atoms with Gasteiger partial charge in [0.2, 0.25) is 0 Å². The van der Waals surface area contributed by atoms with E-state index >= 15 is 0 Å². The van der Waals surface area contributed by atoms with Crippen LogP contribution in [0.5, 0.6) is 0 Å². The molecule has 2 aromatic heterocycles. The van der Waals surface area contributed by atoms with Crippen molar-refractivity contribution < 1.29 is 13.2 Å². The lowest BCUT2D eigenvalue weighted by atomic mass is 10.2. The Hall–Kier alpha value is -2.11. The highest BCUT2D eigenvalue weighted by Crippen LogP contribution is 2.29. The molecular formula is C12H9F3N2O. The van der Waals surface area contributed by atoms with Gasteiger partial charge in [-0.05, 0) is 25.1 Å². The molecule has 0 amide bonds. The summed E-state index contributed by atoms with van der Waals surface area (Å²) in [6, 6.07) is 3.92. The first kappa shape index (κ1) is 12.3. The van der Waals surface area contributed by atoms with Crippen LogP contribution in [0, 0.1) is 6.92 Å². The normalized spacial score (nSPS) is 11.6. The number of pyridine rings is 2. The summed E-state index contributed by atoms with van der Waals surface area (Å²) < 4.78 is 38.9. The van der Waals surface area contributed by atoms with Crippen LogP contribution >= 0.6 is 0 Å². The van der Waals surface area contributed by atoms with Crippen molar-refractivity contribution in [3.63, 3.8) is 0 Å². The Morgan fingerprint density at radius 1 is 1.33 bits per heavy atom. The van der Waals surface area contributed by atoms with Crippen LogP contribution in [0.3, 0.4) is 0 Å². The van der Waals surface area contributed by atoms with Gasteiger partial charge in [0, 0.05) is 18.0 Å². The number of aryl methyl sites for hydroxylation is 1. The predicted molar refractivity (Wildman–Crippen MR) is 59.6 cm³/mol. The molecule has 2 rings (SSSR count). The molecule has 0 aliphatic carbocycles. The molecule has 2 heterocycles. The molecule has 0 N–H and O–H groups in total. The number of halogens is 3. The molecule has 6 heteroatoms. The Bertz CT molecular complexity index is 617. The highest BCUT2D eigenvalue weighted by Gasteiger charge is 2.31. The van der Waals surface area contributed by atoms with Crippen LogP contribution in [0.1, 0.15) is 11.1 Å². The van der Waals surface area contributed by atoms with Crippen LogP contribution < -0.4 is 5.56 Å². The fraction of sp³-hybridized carbons (Fsp3) is 0.167. The summed E-state index contributed by atoms with van der Waals surface area (Å²) in [5.41, 5.74) is -1.01. The standard InChI is InChI=1S/C12H9F3N2O/c1-8-5-9(12(13,14)15)7-17(11(8)18)10-3-2-4-16-6-10/h2-7H,1H3. The molecular weight excluding hydrogens is 245 g/mol. The van der Waals surface area contributed by atoms with Crippen LogP contribution in [0.25, 0.3) is 5.69 Å². The Balaban J connectivity index is 2.68. The lowest BCUT2D eigenvalue weighted by Crippen LogP contribution is -2.23. The number of hydrogen-bond acceptors (Lipinski definition) is 2. The predicted octanol–water partition coefficient (Wildman–Crippen LogP) is 2.56. The lowest BCUT2D eigenvalue weighted by molar-refractivity contribution is -0.138. The van der Waals surface area contributed by atoms with E-state index in [0.29, 0.717) is 5.69 Å². The highest BCUT2D eigenvalue weighted by molar-refractivity contribution is 5.32. The number of rotatable bonds is 1. The van der Waals surface area contributed by atoms with E-state index in [9.17, 15) is 18.0 Å². The van der Waals surface area contributed by atoms with E-state index in [1.807, 2.05) is 0 Å². The van der Waals surface area contributed by atoms with Gasteiger partial charge in [0.05, 0.1) is 17.4 Å². The summed E-state index contributed by atoms with van der Waals surface area (Å²) in [5.74, 6) is 0. The first-order valence-electron chi connectivity index (χ1n) is 5.10. The van der Waals surface area contributed by atoms with Gasteiger partial charge in [-0.15, -0.1) is 0 Å². The monoisotopic (exact) mass is 254 g/mol. The second-order valence-electron chi connectivity index (χ2n) is 3.80. The molecule has 0 saturated heterocycles. The molecule has 0 aliphatic rings. The van der Waals surface area contributed by atoms with E-state index in [4.69, 9.17) is 0 Å². The molecule has 3 nitrogen and oxygen atoms in total. The van der Waals surface area contributed by atoms with Crippen molar-refractivity contribution in [1.82, 2.24) is 9.55 Å². The zero-order valence-corrected chi connectivity index (χ0v) is 9.40. The van der Waals surface area contributed by atoms with Crippen molar-refractivity contribution in [1.29, 1.82) is 0 Å². The Morgan fingerprint density at radius 3 is 2.61 bits per heavy atom. The first-order chi connectivity index (χ1) is 8.39. The number of nitrogens with zero attached hydrogens (tertiary/aromatic N) is 2. The molecule has 0 unspecified atom stereocenters. The molecule has 94 valence electrons. The van der Waals surface area contributed by atoms with E-state index < -0.39 is 17.3 Å². The number of alkyl halides is 3. The molecule has 18 heavy (non-hydrogen) atoms. The van der Waals surface area contributed by atoms with Crippen molar-refractivity contribution in [2.75, 3.05) is 0 Å². The first-order valence-corrected chi connectivity index (χ1v) is 5.10. The van der Waals surface area contributed by atoms with Gasteiger partial charge in [0.1, 0.15) is 0 Å². The molecule has 0 bridgehead atoms. The van der Waals surface area contributed by atoms with E-state index in [0.717, 1.165) is 16.8 Å². The van der Waals surface area contributed by atoms with Crippen molar-refractivity contribution in [2.24, 2.45) is 0 Å². The lowest BCUT2D eigenvalue weighted by Gasteiger charge is -2.12. The van der Waals surface area contributed by atoms with Gasteiger partial charge < -0.3 is 0 Å². The second-order valence-corrected chi connectivity index (χ2v) is 3.80. The summed E-state index contributed by atoms with van der Waals surface area (Å²) in [6.45, 7) is 1.35. The van der Waals surface area contributed by atoms with Crippen LogP contribution in [0.4, 0.5) is 13.2 Å².